The van der Waals surface area contributed by atoms with Gasteiger partial charge in [0.1, 0.15) is 5.75 Å². The number of H-pyrrole nitrogens is 1. The molecule has 7 nitrogen and oxygen atoms in total. The summed E-state index contributed by atoms with van der Waals surface area (Å²) in [6.45, 7) is 1.96. The lowest BCUT2D eigenvalue weighted by molar-refractivity contribution is -0.118. The molecule has 2 amide bonds. The predicted molar refractivity (Wildman–Crippen MR) is 89.4 cm³/mol. The topological polar surface area (TPSA) is 96.1 Å². The smallest absolute Gasteiger partial charge is 0.276 e. The number of amides is 2. The van der Waals surface area contributed by atoms with E-state index in [0.717, 1.165) is 16.5 Å². The van der Waals surface area contributed by atoms with E-state index in [1.54, 1.807) is 18.2 Å². The van der Waals surface area contributed by atoms with Crippen LogP contribution in [0, 0.1) is 6.92 Å². The third-order valence-corrected chi connectivity index (χ3v) is 3.80. The van der Waals surface area contributed by atoms with Crippen molar-refractivity contribution >= 4 is 34.1 Å². The summed E-state index contributed by atoms with van der Waals surface area (Å²) < 4.78 is 5.30. The van der Waals surface area contributed by atoms with E-state index in [1.807, 2.05) is 25.1 Å². The molecule has 4 rings (SSSR count). The molecule has 0 saturated carbocycles. The fourth-order valence-electron chi connectivity index (χ4n) is 2.65. The Morgan fingerprint density at radius 2 is 2.12 bits per heavy atom. The van der Waals surface area contributed by atoms with Crippen molar-refractivity contribution in [3.63, 3.8) is 0 Å². The molecule has 2 aromatic carbocycles. The van der Waals surface area contributed by atoms with Gasteiger partial charge in [-0.1, -0.05) is 11.6 Å². The minimum Gasteiger partial charge on any atom is -0.482 e. The van der Waals surface area contributed by atoms with Gasteiger partial charge in [-0.25, -0.2) is 0 Å². The van der Waals surface area contributed by atoms with Crippen LogP contribution in [0.3, 0.4) is 0 Å². The summed E-state index contributed by atoms with van der Waals surface area (Å²) in [7, 11) is 0. The Labute approximate surface area is 137 Å². The van der Waals surface area contributed by atoms with Gasteiger partial charge in [-0.2, -0.15) is 5.10 Å². The number of carbonyl (C=O) groups is 2. The first-order valence-corrected chi connectivity index (χ1v) is 7.43. The highest BCUT2D eigenvalue weighted by molar-refractivity contribution is 6.11. The van der Waals surface area contributed by atoms with Crippen molar-refractivity contribution in [2.75, 3.05) is 17.2 Å². The molecule has 0 unspecified atom stereocenters. The number of hydrogen-bond acceptors (Lipinski definition) is 4. The number of ether oxygens (including phenoxy) is 1. The van der Waals surface area contributed by atoms with E-state index in [-0.39, 0.29) is 18.4 Å². The molecule has 1 aliphatic heterocycles. The summed E-state index contributed by atoms with van der Waals surface area (Å²) >= 11 is 0. The van der Waals surface area contributed by atoms with Crippen LogP contribution in [-0.4, -0.2) is 28.6 Å². The van der Waals surface area contributed by atoms with Crippen LogP contribution in [-0.2, 0) is 4.79 Å². The number of rotatable bonds is 2. The van der Waals surface area contributed by atoms with Crippen molar-refractivity contribution in [3.05, 3.63) is 47.7 Å². The molecule has 7 heteroatoms. The number of benzene rings is 2. The predicted octanol–water partition coefficient (Wildman–Crippen LogP) is 2.45. The molecule has 120 valence electrons. The number of hydrogen-bond donors (Lipinski definition) is 3. The van der Waals surface area contributed by atoms with Gasteiger partial charge in [-0.3, -0.25) is 14.7 Å². The first kappa shape index (κ1) is 14.3. The van der Waals surface area contributed by atoms with E-state index in [9.17, 15) is 9.59 Å². The van der Waals surface area contributed by atoms with Crippen molar-refractivity contribution in [3.8, 4) is 5.75 Å². The van der Waals surface area contributed by atoms with Crippen molar-refractivity contribution < 1.29 is 14.3 Å². The monoisotopic (exact) mass is 322 g/mol. The lowest BCUT2D eigenvalue weighted by Gasteiger charge is -2.18. The summed E-state index contributed by atoms with van der Waals surface area (Å²) in [6, 6.07) is 10.8. The fraction of sp³-hybridized carbons (Fsp3) is 0.118. The molecule has 2 heterocycles. The van der Waals surface area contributed by atoms with E-state index in [4.69, 9.17) is 4.74 Å². The van der Waals surface area contributed by atoms with Crippen molar-refractivity contribution in [1.82, 2.24) is 10.2 Å². The number of nitrogens with zero attached hydrogens (tertiary/aromatic N) is 1. The molecule has 3 N–H and O–H groups in total. The Balaban J connectivity index is 1.63. The van der Waals surface area contributed by atoms with Gasteiger partial charge in [0.25, 0.3) is 11.8 Å². The zero-order valence-corrected chi connectivity index (χ0v) is 12.8. The summed E-state index contributed by atoms with van der Waals surface area (Å²) in [5, 5.41) is 13.2. The van der Waals surface area contributed by atoms with Crippen molar-refractivity contribution in [2.24, 2.45) is 0 Å². The van der Waals surface area contributed by atoms with Crippen LogP contribution in [0.1, 0.15) is 16.1 Å². The zero-order chi connectivity index (χ0) is 16.7. The molecule has 24 heavy (non-hydrogen) atoms. The van der Waals surface area contributed by atoms with Gasteiger partial charge >= 0.3 is 0 Å². The van der Waals surface area contributed by atoms with Crippen LogP contribution < -0.4 is 15.4 Å². The largest absolute Gasteiger partial charge is 0.482 e. The first-order valence-electron chi connectivity index (χ1n) is 7.43. The molecular weight excluding hydrogens is 308 g/mol. The Morgan fingerprint density at radius 1 is 1.25 bits per heavy atom. The highest BCUT2D eigenvalue weighted by Gasteiger charge is 2.18. The number of aromatic amines is 1. The number of fused-ring (bicyclic) bond motifs is 2. The second kappa shape index (κ2) is 5.38. The fourth-order valence-corrected chi connectivity index (χ4v) is 2.65. The van der Waals surface area contributed by atoms with Gasteiger partial charge < -0.3 is 15.4 Å². The van der Waals surface area contributed by atoms with E-state index in [0.29, 0.717) is 22.8 Å². The van der Waals surface area contributed by atoms with Gasteiger partial charge in [-0.05, 0) is 37.3 Å². The van der Waals surface area contributed by atoms with Gasteiger partial charge in [0, 0.05) is 11.1 Å². The maximum Gasteiger partial charge on any atom is 0.276 e. The van der Waals surface area contributed by atoms with Crippen LogP contribution in [0.25, 0.3) is 10.9 Å². The van der Waals surface area contributed by atoms with Crippen molar-refractivity contribution in [2.45, 2.75) is 6.92 Å². The Bertz CT molecular complexity index is 977. The number of aryl methyl sites for hydroxylation is 1. The van der Waals surface area contributed by atoms with Gasteiger partial charge in [-0.15, -0.1) is 0 Å². The Morgan fingerprint density at radius 3 is 3.00 bits per heavy atom. The second-order valence-corrected chi connectivity index (χ2v) is 5.62. The summed E-state index contributed by atoms with van der Waals surface area (Å²) in [4.78, 5) is 23.9. The van der Waals surface area contributed by atoms with Crippen LogP contribution in [0.4, 0.5) is 11.4 Å². The van der Waals surface area contributed by atoms with Crippen LogP contribution >= 0.6 is 0 Å². The molecule has 0 spiro atoms. The molecule has 0 fully saturated rings. The molecule has 0 radical (unpaired) electrons. The summed E-state index contributed by atoms with van der Waals surface area (Å²) in [5.41, 5.74) is 3.26. The Hall–Kier alpha value is -3.35. The quantitative estimate of drug-likeness (QED) is 0.675. The van der Waals surface area contributed by atoms with Gasteiger partial charge in [0.15, 0.2) is 12.3 Å². The van der Waals surface area contributed by atoms with Gasteiger partial charge in [0.2, 0.25) is 0 Å². The maximum atomic E-state index is 12.5. The van der Waals surface area contributed by atoms with Crippen LogP contribution in [0.2, 0.25) is 0 Å². The summed E-state index contributed by atoms with van der Waals surface area (Å²) in [6.07, 6.45) is 0. The molecule has 0 atom stereocenters. The van der Waals surface area contributed by atoms with Crippen molar-refractivity contribution in [1.29, 1.82) is 0 Å². The summed E-state index contributed by atoms with van der Waals surface area (Å²) in [5.74, 6) is 0.0306. The first-order chi connectivity index (χ1) is 11.6. The average Bonchev–Trinajstić information content (AvgIpc) is 2.97. The molecular formula is C17H14N4O3. The molecule has 3 aromatic rings. The highest BCUT2D eigenvalue weighted by Crippen LogP contribution is 2.30. The normalized spacial score (nSPS) is 13.1. The lowest BCUT2D eigenvalue weighted by Crippen LogP contribution is -2.25. The lowest BCUT2D eigenvalue weighted by atomic mass is 10.1. The van der Waals surface area contributed by atoms with E-state index in [1.165, 1.54) is 0 Å². The van der Waals surface area contributed by atoms with Gasteiger partial charge in [0.05, 0.1) is 11.2 Å². The van der Waals surface area contributed by atoms with Crippen LogP contribution in [0.15, 0.2) is 36.4 Å². The standard InChI is InChI=1S/C17H14N4O3/c1-9-2-4-12-11(6-9)16(21-20-12)17(23)18-10-3-5-14-13(7-10)19-15(22)8-24-14/h2-7H,8H2,1H3,(H,18,23)(H,19,22)(H,20,21). The minimum absolute atomic E-state index is 0.00266. The molecule has 0 bridgehead atoms. The minimum atomic E-state index is -0.324. The number of anilines is 2. The van der Waals surface area contributed by atoms with E-state index < -0.39 is 0 Å². The maximum absolute atomic E-state index is 12.5. The molecule has 1 aliphatic rings. The second-order valence-electron chi connectivity index (χ2n) is 5.62. The van der Waals surface area contributed by atoms with E-state index >= 15 is 0 Å². The SMILES string of the molecule is Cc1ccc2[nH]nc(C(=O)Nc3ccc4c(c3)NC(=O)CO4)c2c1. The van der Waals surface area contributed by atoms with E-state index in [2.05, 4.69) is 20.8 Å². The third-order valence-electron chi connectivity index (χ3n) is 3.80. The van der Waals surface area contributed by atoms with Crippen LogP contribution in [0.5, 0.6) is 5.75 Å². The molecule has 1 aromatic heterocycles. The number of nitrogens with one attached hydrogen (secondary N) is 3. The third kappa shape index (κ3) is 2.45. The zero-order valence-electron chi connectivity index (χ0n) is 12.8. The molecule has 0 saturated heterocycles. The Kier molecular flexibility index (Phi) is 3.19. The molecule has 0 aliphatic carbocycles. The number of carbonyl (C=O) groups excluding carboxylic acids is 2. The number of aromatic nitrogens is 2. The highest BCUT2D eigenvalue weighted by atomic mass is 16.5. The average molecular weight is 322 g/mol.